The summed E-state index contributed by atoms with van der Waals surface area (Å²) in [5.41, 5.74) is 1.64. The van der Waals surface area contributed by atoms with Crippen molar-refractivity contribution >= 4 is 61.5 Å². The molecule has 0 aliphatic carbocycles. The molecule has 2 amide bonds. The van der Waals surface area contributed by atoms with Crippen LogP contribution in [0.25, 0.3) is 10.2 Å². The minimum absolute atomic E-state index is 0.279. The van der Waals surface area contributed by atoms with Gasteiger partial charge in [-0.1, -0.05) is 18.2 Å². The van der Waals surface area contributed by atoms with Gasteiger partial charge in [-0.25, -0.2) is 9.78 Å². The fourth-order valence-corrected chi connectivity index (χ4v) is 4.46. The summed E-state index contributed by atoms with van der Waals surface area (Å²) < 4.78 is 5.81. The van der Waals surface area contributed by atoms with E-state index in [0.717, 1.165) is 11.3 Å². The van der Waals surface area contributed by atoms with E-state index >= 15 is 0 Å². The Bertz CT molecular complexity index is 1260. The second-order valence-corrected chi connectivity index (χ2v) is 7.61. The predicted molar refractivity (Wildman–Crippen MR) is 114 cm³/mol. The van der Waals surface area contributed by atoms with Crippen LogP contribution in [0.15, 0.2) is 66.9 Å². The number of ether oxygens (including phenoxy) is 1. The standard InChI is InChI=1S/C21H12ClN3O3S/c22-19(26)18-17-16-15(10-11-23-20(16)29-18)24-21(27)25(17)12-6-8-14(9-7-12)28-13-4-2-1-3-5-13/h1-11H,(H,24,27). The van der Waals surface area contributed by atoms with E-state index in [-0.39, 0.29) is 10.9 Å². The molecule has 0 spiro atoms. The Balaban J connectivity index is 1.58. The summed E-state index contributed by atoms with van der Waals surface area (Å²) in [6.45, 7) is 0. The van der Waals surface area contributed by atoms with Crippen molar-refractivity contribution in [3.05, 3.63) is 71.7 Å². The van der Waals surface area contributed by atoms with Gasteiger partial charge in [0.15, 0.2) is 0 Å². The molecule has 0 fully saturated rings. The van der Waals surface area contributed by atoms with Crippen LogP contribution in [0.2, 0.25) is 0 Å². The quantitative estimate of drug-likeness (QED) is 0.401. The molecule has 0 saturated heterocycles. The Kier molecular flexibility index (Phi) is 4.19. The summed E-state index contributed by atoms with van der Waals surface area (Å²) in [5, 5.41) is 2.92. The van der Waals surface area contributed by atoms with Gasteiger partial charge in [0.1, 0.15) is 21.2 Å². The topological polar surface area (TPSA) is 71.5 Å². The van der Waals surface area contributed by atoms with Crippen molar-refractivity contribution in [2.24, 2.45) is 0 Å². The van der Waals surface area contributed by atoms with Gasteiger partial charge in [0.05, 0.1) is 22.4 Å². The van der Waals surface area contributed by atoms with E-state index in [4.69, 9.17) is 16.3 Å². The molecule has 1 aliphatic heterocycles. The molecule has 0 radical (unpaired) electrons. The number of hydrogen-bond donors (Lipinski definition) is 1. The first-order chi connectivity index (χ1) is 14.1. The number of carbonyl (C=O) groups excluding carboxylic acids is 2. The van der Waals surface area contributed by atoms with Crippen LogP contribution in [-0.4, -0.2) is 16.3 Å². The van der Waals surface area contributed by atoms with E-state index in [1.54, 1.807) is 36.5 Å². The number of amides is 2. The number of para-hydroxylation sites is 1. The fourth-order valence-electron chi connectivity index (χ4n) is 3.26. The molecule has 1 aliphatic rings. The van der Waals surface area contributed by atoms with Gasteiger partial charge in [0.2, 0.25) is 0 Å². The summed E-state index contributed by atoms with van der Waals surface area (Å²) in [6, 6.07) is 17.8. The van der Waals surface area contributed by atoms with E-state index in [2.05, 4.69) is 10.3 Å². The lowest BCUT2D eigenvalue weighted by molar-refractivity contribution is 0.108. The molecule has 4 aromatic rings. The number of aromatic nitrogens is 1. The largest absolute Gasteiger partial charge is 0.457 e. The molecular weight excluding hydrogens is 410 g/mol. The average Bonchev–Trinajstić information content (AvgIpc) is 3.11. The van der Waals surface area contributed by atoms with Crippen molar-refractivity contribution in [3.8, 4) is 11.5 Å². The van der Waals surface area contributed by atoms with E-state index < -0.39 is 5.24 Å². The summed E-state index contributed by atoms with van der Waals surface area (Å²) in [4.78, 5) is 31.6. The number of nitrogens with one attached hydrogen (secondary N) is 1. The predicted octanol–water partition coefficient (Wildman–Crippen LogP) is 6.15. The number of pyridine rings is 1. The molecule has 0 atom stereocenters. The first-order valence-electron chi connectivity index (χ1n) is 8.67. The molecule has 6 nitrogen and oxygen atoms in total. The molecule has 0 saturated carbocycles. The van der Waals surface area contributed by atoms with Crippen LogP contribution >= 0.6 is 22.9 Å². The molecule has 3 heterocycles. The Morgan fingerprint density at radius 2 is 1.76 bits per heavy atom. The second kappa shape index (κ2) is 6.88. The number of urea groups is 1. The zero-order valence-electron chi connectivity index (χ0n) is 14.8. The van der Waals surface area contributed by atoms with E-state index in [9.17, 15) is 9.59 Å². The summed E-state index contributed by atoms with van der Waals surface area (Å²) in [5.74, 6) is 1.34. The van der Waals surface area contributed by atoms with Crippen molar-refractivity contribution in [3.63, 3.8) is 0 Å². The van der Waals surface area contributed by atoms with Crippen LogP contribution in [0.3, 0.4) is 0 Å². The maximum atomic E-state index is 12.9. The highest BCUT2D eigenvalue weighted by Gasteiger charge is 2.33. The van der Waals surface area contributed by atoms with E-state index in [0.29, 0.717) is 38.8 Å². The van der Waals surface area contributed by atoms with Crippen LogP contribution in [-0.2, 0) is 0 Å². The molecular formula is C21H12ClN3O3S. The van der Waals surface area contributed by atoms with Crippen molar-refractivity contribution in [1.29, 1.82) is 0 Å². The minimum atomic E-state index is -0.627. The van der Waals surface area contributed by atoms with Gasteiger partial charge in [-0.15, -0.1) is 11.3 Å². The monoisotopic (exact) mass is 421 g/mol. The summed E-state index contributed by atoms with van der Waals surface area (Å²) in [7, 11) is 0. The number of thiophene rings is 1. The normalized spacial score (nSPS) is 12.7. The Hall–Kier alpha value is -3.42. The molecule has 0 unspecified atom stereocenters. The number of benzene rings is 2. The highest BCUT2D eigenvalue weighted by Crippen LogP contribution is 2.47. The Morgan fingerprint density at radius 3 is 2.48 bits per heavy atom. The third kappa shape index (κ3) is 3.00. The smallest absolute Gasteiger partial charge is 0.331 e. The molecule has 2 aromatic carbocycles. The molecule has 1 N–H and O–H groups in total. The van der Waals surface area contributed by atoms with Gasteiger partial charge in [-0.05, 0) is 54.1 Å². The van der Waals surface area contributed by atoms with E-state index in [1.807, 2.05) is 30.3 Å². The zero-order chi connectivity index (χ0) is 20.0. The van der Waals surface area contributed by atoms with Crippen molar-refractivity contribution < 1.29 is 14.3 Å². The lowest BCUT2D eigenvalue weighted by atomic mass is 10.1. The van der Waals surface area contributed by atoms with Gasteiger partial charge >= 0.3 is 6.03 Å². The molecule has 142 valence electrons. The SMILES string of the molecule is O=C(Cl)c1sc2nccc3c2c1N(c1ccc(Oc2ccccc2)cc1)C(=O)N3. The molecule has 5 rings (SSSR count). The number of carbonyl (C=O) groups is 2. The summed E-state index contributed by atoms with van der Waals surface area (Å²) in [6.07, 6.45) is 1.59. The number of hydrogen-bond acceptors (Lipinski definition) is 5. The molecule has 0 bridgehead atoms. The van der Waals surface area contributed by atoms with Gasteiger partial charge in [0.25, 0.3) is 5.24 Å². The first-order valence-corrected chi connectivity index (χ1v) is 9.86. The maximum absolute atomic E-state index is 12.9. The van der Waals surface area contributed by atoms with Gasteiger partial charge in [0, 0.05) is 6.20 Å². The fraction of sp³-hybridized carbons (Fsp3) is 0. The first kappa shape index (κ1) is 17.7. The van der Waals surface area contributed by atoms with Crippen molar-refractivity contribution in [2.45, 2.75) is 0 Å². The third-order valence-electron chi connectivity index (χ3n) is 4.49. The van der Waals surface area contributed by atoms with Crippen LogP contribution in [0.4, 0.5) is 21.9 Å². The molecule has 2 aromatic heterocycles. The number of rotatable bonds is 4. The maximum Gasteiger partial charge on any atom is 0.331 e. The molecule has 8 heteroatoms. The second-order valence-electron chi connectivity index (χ2n) is 6.27. The van der Waals surface area contributed by atoms with Crippen LogP contribution < -0.4 is 15.0 Å². The van der Waals surface area contributed by atoms with Gasteiger partial charge in [-0.2, -0.15) is 0 Å². The van der Waals surface area contributed by atoms with E-state index in [1.165, 1.54) is 4.90 Å². The lowest BCUT2D eigenvalue weighted by Crippen LogP contribution is -2.34. The average molecular weight is 422 g/mol. The van der Waals surface area contributed by atoms with Gasteiger partial charge < -0.3 is 10.1 Å². The Morgan fingerprint density at radius 1 is 1.03 bits per heavy atom. The highest BCUT2D eigenvalue weighted by atomic mass is 35.5. The highest BCUT2D eigenvalue weighted by molar-refractivity contribution is 7.22. The summed E-state index contributed by atoms with van der Waals surface area (Å²) >= 11 is 6.98. The number of halogens is 1. The molecule has 29 heavy (non-hydrogen) atoms. The zero-order valence-corrected chi connectivity index (χ0v) is 16.3. The van der Waals surface area contributed by atoms with Crippen LogP contribution in [0, 0.1) is 0 Å². The number of anilines is 3. The number of nitrogens with zero attached hydrogens (tertiary/aromatic N) is 2. The minimum Gasteiger partial charge on any atom is -0.457 e. The van der Waals surface area contributed by atoms with Crippen LogP contribution in [0.1, 0.15) is 9.67 Å². The third-order valence-corrected chi connectivity index (χ3v) is 5.87. The van der Waals surface area contributed by atoms with Crippen LogP contribution in [0.5, 0.6) is 11.5 Å². The lowest BCUT2D eigenvalue weighted by Gasteiger charge is -2.28. The van der Waals surface area contributed by atoms with Gasteiger partial charge in [-0.3, -0.25) is 9.69 Å². The Labute approximate surface area is 174 Å². The van der Waals surface area contributed by atoms with Crippen molar-refractivity contribution in [2.75, 3.05) is 10.2 Å². The van der Waals surface area contributed by atoms with Crippen molar-refractivity contribution in [1.82, 2.24) is 4.98 Å².